The van der Waals surface area contributed by atoms with Crippen molar-refractivity contribution in [1.29, 1.82) is 0 Å². The number of aromatic nitrogens is 2. The summed E-state index contributed by atoms with van der Waals surface area (Å²) in [6, 6.07) is 9.54. The molecule has 0 bridgehead atoms. The van der Waals surface area contributed by atoms with Crippen LogP contribution in [0, 0.1) is 5.82 Å². The molecule has 1 aliphatic heterocycles. The second-order valence-corrected chi connectivity index (χ2v) is 6.98. The van der Waals surface area contributed by atoms with Gasteiger partial charge in [0.2, 0.25) is 11.7 Å². The Morgan fingerprint density at radius 3 is 2.88 bits per heavy atom. The van der Waals surface area contributed by atoms with Gasteiger partial charge in [-0.2, -0.15) is 4.98 Å². The van der Waals surface area contributed by atoms with Gasteiger partial charge in [-0.3, -0.25) is 4.79 Å². The summed E-state index contributed by atoms with van der Waals surface area (Å²) in [5.74, 6) is 0.745. The van der Waals surface area contributed by atoms with E-state index in [1.165, 1.54) is 24.3 Å². The van der Waals surface area contributed by atoms with Crippen molar-refractivity contribution in [2.24, 2.45) is 0 Å². The monoisotopic (exact) mass is 357 g/mol. The number of benzene rings is 1. The van der Waals surface area contributed by atoms with Gasteiger partial charge in [0.1, 0.15) is 5.82 Å². The van der Waals surface area contributed by atoms with Crippen molar-refractivity contribution >= 4 is 17.2 Å². The normalized spacial score (nSPS) is 17.6. The number of thiophene rings is 1. The lowest BCUT2D eigenvalue weighted by atomic mass is 9.97. The Balaban J connectivity index is 1.49. The number of carbonyl (C=O) groups is 1. The summed E-state index contributed by atoms with van der Waals surface area (Å²) >= 11 is 1.56. The third kappa shape index (κ3) is 3.32. The Labute approximate surface area is 148 Å². The molecule has 3 aromatic rings. The fourth-order valence-corrected chi connectivity index (χ4v) is 3.69. The minimum atomic E-state index is -0.347. The third-order valence-corrected chi connectivity index (χ3v) is 5.20. The van der Waals surface area contributed by atoms with E-state index in [0.717, 1.165) is 17.7 Å². The molecule has 0 spiro atoms. The first-order valence-corrected chi connectivity index (χ1v) is 9.01. The number of nitrogens with zero attached hydrogens (tertiary/aromatic N) is 3. The van der Waals surface area contributed by atoms with Crippen molar-refractivity contribution in [3.8, 4) is 10.7 Å². The number of rotatable bonds is 3. The second kappa shape index (κ2) is 6.76. The maximum Gasteiger partial charge on any atom is 0.253 e. The third-order valence-electron chi connectivity index (χ3n) is 4.33. The Morgan fingerprint density at radius 2 is 2.12 bits per heavy atom. The molecule has 1 aliphatic rings. The molecule has 4 rings (SSSR count). The van der Waals surface area contributed by atoms with E-state index in [-0.39, 0.29) is 17.6 Å². The van der Waals surface area contributed by atoms with Crippen LogP contribution in [0.3, 0.4) is 0 Å². The van der Waals surface area contributed by atoms with E-state index in [1.54, 1.807) is 16.2 Å². The second-order valence-electron chi connectivity index (χ2n) is 6.03. The van der Waals surface area contributed by atoms with Gasteiger partial charge in [-0.1, -0.05) is 11.2 Å². The molecule has 1 amide bonds. The van der Waals surface area contributed by atoms with Gasteiger partial charge < -0.3 is 9.42 Å². The van der Waals surface area contributed by atoms with E-state index in [4.69, 9.17) is 4.52 Å². The molecular formula is C18H16FN3O2S. The average molecular weight is 357 g/mol. The highest BCUT2D eigenvalue weighted by Crippen LogP contribution is 2.29. The van der Waals surface area contributed by atoms with Crippen LogP contribution in [0.5, 0.6) is 0 Å². The van der Waals surface area contributed by atoms with E-state index in [2.05, 4.69) is 10.1 Å². The van der Waals surface area contributed by atoms with Crippen molar-refractivity contribution in [2.75, 3.05) is 13.1 Å². The van der Waals surface area contributed by atoms with Crippen LogP contribution < -0.4 is 0 Å². The van der Waals surface area contributed by atoms with Crippen molar-refractivity contribution in [3.05, 3.63) is 59.0 Å². The van der Waals surface area contributed by atoms with Gasteiger partial charge >= 0.3 is 0 Å². The minimum Gasteiger partial charge on any atom is -0.339 e. The molecule has 1 atom stereocenters. The SMILES string of the molecule is O=C(c1ccc(F)cc1)N1CCC[C@@H](c2nc(-c3cccs3)no2)C1. The summed E-state index contributed by atoms with van der Waals surface area (Å²) in [4.78, 5) is 19.9. The number of hydrogen-bond acceptors (Lipinski definition) is 5. The zero-order valence-corrected chi connectivity index (χ0v) is 14.2. The smallest absolute Gasteiger partial charge is 0.253 e. The van der Waals surface area contributed by atoms with Crippen molar-refractivity contribution < 1.29 is 13.7 Å². The molecule has 25 heavy (non-hydrogen) atoms. The predicted molar refractivity (Wildman–Crippen MR) is 91.9 cm³/mol. The molecular weight excluding hydrogens is 341 g/mol. The lowest BCUT2D eigenvalue weighted by Crippen LogP contribution is -2.39. The number of likely N-dealkylation sites (tertiary alicyclic amines) is 1. The maximum absolute atomic E-state index is 13.0. The lowest BCUT2D eigenvalue weighted by molar-refractivity contribution is 0.0695. The van der Waals surface area contributed by atoms with Gasteiger partial charge in [0, 0.05) is 18.7 Å². The summed E-state index contributed by atoms with van der Waals surface area (Å²) < 4.78 is 18.5. The first-order chi connectivity index (χ1) is 12.2. The standard InChI is InChI=1S/C18H16FN3O2S/c19-14-7-5-12(6-8-14)18(23)22-9-1-3-13(11-22)17-20-16(21-24-17)15-4-2-10-25-15/h2,4-8,10,13H,1,3,9,11H2/t13-/m1/s1. The minimum absolute atomic E-state index is 0.0272. The Kier molecular flexibility index (Phi) is 4.31. The molecule has 3 heterocycles. The maximum atomic E-state index is 13.0. The van der Waals surface area contributed by atoms with Crippen LogP contribution in [0.1, 0.15) is 35.0 Å². The first kappa shape index (κ1) is 16.0. The molecule has 7 heteroatoms. The van der Waals surface area contributed by atoms with Crippen LogP contribution in [0.25, 0.3) is 10.7 Å². The predicted octanol–water partition coefficient (Wildman–Crippen LogP) is 3.96. The highest BCUT2D eigenvalue weighted by atomic mass is 32.1. The molecule has 1 fully saturated rings. The topological polar surface area (TPSA) is 59.2 Å². The number of halogens is 1. The van der Waals surface area contributed by atoms with Gasteiger partial charge in [-0.15, -0.1) is 11.3 Å². The van der Waals surface area contributed by atoms with E-state index in [0.29, 0.717) is 30.4 Å². The van der Waals surface area contributed by atoms with E-state index in [1.807, 2.05) is 17.5 Å². The average Bonchev–Trinajstić information content (AvgIpc) is 3.33. The molecule has 2 aromatic heterocycles. The van der Waals surface area contributed by atoms with E-state index >= 15 is 0 Å². The van der Waals surface area contributed by atoms with Gasteiger partial charge in [0.05, 0.1) is 10.8 Å². The molecule has 0 saturated carbocycles. The van der Waals surface area contributed by atoms with E-state index in [9.17, 15) is 9.18 Å². The molecule has 0 aliphatic carbocycles. The van der Waals surface area contributed by atoms with Crippen LogP contribution in [-0.4, -0.2) is 34.0 Å². The molecule has 1 aromatic carbocycles. The Hall–Kier alpha value is -2.54. The van der Waals surface area contributed by atoms with Crippen LogP contribution in [-0.2, 0) is 0 Å². The summed E-state index contributed by atoms with van der Waals surface area (Å²) in [6.07, 6.45) is 1.77. The molecule has 1 saturated heterocycles. The molecule has 0 unspecified atom stereocenters. The zero-order chi connectivity index (χ0) is 17.2. The number of hydrogen-bond donors (Lipinski definition) is 0. The van der Waals surface area contributed by atoms with Crippen LogP contribution >= 0.6 is 11.3 Å². The zero-order valence-electron chi connectivity index (χ0n) is 13.4. The largest absolute Gasteiger partial charge is 0.339 e. The highest BCUT2D eigenvalue weighted by Gasteiger charge is 2.29. The van der Waals surface area contributed by atoms with Crippen molar-refractivity contribution in [2.45, 2.75) is 18.8 Å². The Bertz CT molecular complexity index is 861. The van der Waals surface area contributed by atoms with Crippen LogP contribution in [0.4, 0.5) is 4.39 Å². The fourth-order valence-electron chi connectivity index (χ4n) is 3.05. The summed E-state index contributed by atoms with van der Waals surface area (Å²) in [5.41, 5.74) is 0.492. The highest BCUT2D eigenvalue weighted by molar-refractivity contribution is 7.13. The number of piperidine rings is 1. The summed E-state index contributed by atoms with van der Waals surface area (Å²) in [5, 5.41) is 6.02. The quantitative estimate of drug-likeness (QED) is 0.712. The van der Waals surface area contributed by atoms with Crippen molar-refractivity contribution in [3.63, 3.8) is 0 Å². The Morgan fingerprint density at radius 1 is 1.28 bits per heavy atom. The van der Waals surface area contributed by atoms with Crippen molar-refractivity contribution in [1.82, 2.24) is 15.0 Å². The van der Waals surface area contributed by atoms with Gasteiger partial charge in [-0.25, -0.2) is 4.39 Å². The van der Waals surface area contributed by atoms with E-state index < -0.39 is 0 Å². The molecule has 5 nitrogen and oxygen atoms in total. The lowest BCUT2D eigenvalue weighted by Gasteiger charge is -2.31. The fraction of sp³-hybridized carbons (Fsp3) is 0.278. The number of amides is 1. The van der Waals surface area contributed by atoms with Gasteiger partial charge in [0.25, 0.3) is 5.91 Å². The van der Waals surface area contributed by atoms with Crippen LogP contribution in [0.15, 0.2) is 46.3 Å². The number of carbonyl (C=O) groups excluding carboxylic acids is 1. The van der Waals surface area contributed by atoms with Crippen LogP contribution in [0.2, 0.25) is 0 Å². The molecule has 0 N–H and O–H groups in total. The molecule has 128 valence electrons. The first-order valence-electron chi connectivity index (χ1n) is 8.13. The van der Waals surface area contributed by atoms with Gasteiger partial charge in [0.15, 0.2) is 0 Å². The summed E-state index contributed by atoms with van der Waals surface area (Å²) in [7, 11) is 0. The molecule has 0 radical (unpaired) electrons. The van der Waals surface area contributed by atoms with Gasteiger partial charge in [-0.05, 0) is 48.6 Å². The summed E-state index contributed by atoms with van der Waals surface area (Å²) in [6.45, 7) is 1.21.